The number of carbonyl (C=O) groups is 1. The molecule has 0 aliphatic heterocycles. The van der Waals surface area contributed by atoms with Gasteiger partial charge in [-0.25, -0.2) is 10.4 Å². The molecule has 0 radical (unpaired) electrons. The summed E-state index contributed by atoms with van der Waals surface area (Å²) in [6.07, 6.45) is 3.07. The van der Waals surface area contributed by atoms with Gasteiger partial charge in [-0.05, 0) is 24.3 Å². The molecule has 0 fully saturated rings. The number of nitrogens with one attached hydrogen (secondary N) is 1. The SMILES string of the molecule is O=C(N/N=C\c1csc(-c2cccc(Br)c2)n1)c1ccccn1. The summed E-state index contributed by atoms with van der Waals surface area (Å²) in [5.41, 5.74) is 4.46. The number of aromatic nitrogens is 2. The van der Waals surface area contributed by atoms with Crippen LogP contribution < -0.4 is 5.43 Å². The largest absolute Gasteiger partial charge is 0.289 e. The van der Waals surface area contributed by atoms with Gasteiger partial charge in [0, 0.05) is 21.6 Å². The number of rotatable bonds is 4. The molecule has 2 heterocycles. The van der Waals surface area contributed by atoms with Crippen molar-refractivity contribution in [2.45, 2.75) is 0 Å². The highest BCUT2D eigenvalue weighted by molar-refractivity contribution is 9.10. The van der Waals surface area contributed by atoms with Crippen molar-refractivity contribution in [3.63, 3.8) is 0 Å². The molecule has 1 N–H and O–H groups in total. The second-order valence-corrected chi connectivity index (χ2v) is 6.28. The fraction of sp³-hybridized carbons (Fsp3) is 0. The summed E-state index contributed by atoms with van der Waals surface area (Å²) in [6.45, 7) is 0. The summed E-state index contributed by atoms with van der Waals surface area (Å²) in [5, 5.41) is 6.69. The summed E-state index contributed by atoms with van der Waals surface area (Å²) in [6, 6.07) is 13.0. The molecule has 0 aliphatic rings. The van der Waals surface area contributed by atoms with E-state index in [0.717, 1.165) is 15.0 Å². The van der Waals surface area contributed by atoms with E-state index in [4.69, 9.17) is 0 Å². The third-order valence-corrected chi connectivity index (χ3v) is 4.26. The Morgan fingerprint density at radius 1 is 1.26 bits per heavy atom. The number of hydrazone groups is 1. The van der Waals surface area contributed by atoms with Gasteiger partial charge in [-0.1, -0.05) is 34.1 Å². The molecule has 114 valence electrons. The minimum atomic E-state index is -0.357. The van der Waals surface area contributed by atoms with Gasteiger partial charge in [0.1, 0.15) is 10.7 Å². The van der Waals surface area contributed by atoms with Gasteiger partial charge >= 0.3 is 0 Å². The Morgan fingerprint density at radius 2 is 2.17 bits per heavy atom. The fourth-order valence-electron chi connectivity index (χ4n) is 1.81. The number of nitrogens with zero attached hydrogens (tertiary/aromatic N) is 3. The molecule has 0 atom stereocenters. The molecule has 7 heteroatoms. The van der Waals surface area contributed by atoms with E-state index in [0.29, 0.717) is 11.4 Å². The highest BCUT2D eigenvalue weighted by Crippen LogP contribution is 2.25. The fourth-order valence-corrected chi connectivity index (χ4v) is 2.98. The van der Waals surface area contributed by atoms with E-state index >= 15 is 0 Å². The van der Waals surface area contributed by atoms with Crippen LogP contribution in [-0.2, 0) is 0 Å². The maximum atomic E-state index is 11.8. The number of hydrogen-bond donors (Lipinski definition) is 1. The lowest BCUT2D eigenvalue weighted by Gasteiger charge is -1.97. The van der Waals surface area contributed by atoms with E-state index in [-0.39, 0.29) is 5.91 Å². The molecule has 0 saturated carbocycles. The van der Waals surface area contributed by atoms with Crippen LogP contribution in [0.15, 0.2) is 63.6 Å². The van der Waals surface area contributed by atoms with Crippen molar-refractivity contribution in [2.24, 2.45) is 5.10 Å². The van der Waals surface area contributed by atoms with Gasteiger partial charge in [0.25, 0.3) is 5.91 Å². The minimum absolute atomic E-state index is 0.317. The number of halogens is 1. The zero-order valence-electron chi connectivity index (χ0n) is 11.8. The highest BCUT2D eigenvalue weighted by atomic mass is 79.9. The zero-order chi connectivity index (χ0) is 16.1. The molecule has 0 aliphatic carbocycles. The maximum Gasteiger partial charge on any atom is 0.289 e. The quantitative estimate of drug-likeness (QED) is 0.548. The monoisotopic (exact) mass is 386 g/mol. The van der Waals surface area contributed by atoms with Crippen molar-refractivity contribution in [1.29, 1.82) is 0 Å². The standard InChI is InChI=1S/C16H11BrN4OS/c17-12-5-3-4-11(8-12)16-20-13(10-23-16)9-19-21-15(22)14-6-1-2-7-18-14/h1-10H,(H,21,22)/b19-9-. The van der Waals surface area contributed by atoms with Gasteiger partial charge in [-0.3, -0.25) is 9.78 Å². The lowest BCUT2D eigenvalue weighted by atomic mass is 10.2. The second kappa shape index (κ2) is 7.26. The predicted octanol–water partition coefficient (Wildman–Crippen LogP) is 3.73. The van der Waals surface area contributed by atoms with Gasteiger partial charge in [-0.15, -0.1) is 11.3 Å². The Bertz CT molecular complexity index is 848. The lowest BCUT2D eigenvalue weighted by Crippen LogP contribution is -2.18. The van der Waals surface area contributed by atoms with Crippen LogP contribution in [0.3, 0.4) is 0 Å². The van der Waals surface area contributed by atoms with Crippen molar-refractivity contribution >= 4 is 39.4 Å². The molecular formula is C16H11BrN4OS. The topological polar surface area (TPSA) is 67.2 Å². The highest BCUT2D eigenvalue weighted by Gasteiger charge is 2.05. The van der Waals surface area contributed by atoms with Gasteiger partial charge in [0.15, 0.2) is 0 Å². The smallest absolute Gasteiger partial charge is 0.266 e. The number of pyridine rings is 1. The van der Waals surface area contributed by atoms with E-state index in [9.17, 15) is 4.79 Å². The second-order valence-electron chi connectivity index (χ2n) is 4.50. The lowest BCUT2D eigenvalue weighted by molar-refractivity contribution is 0.0950. The number of hydrogen-bond acceptors (Lipinski definition) is 5. The van der Waals surface area contributed by atoms with Crippen molar-refractivity contribution < 1.29 is 4.79 Å². The van der Waals surface area contributed by atoms with Crippen LogP contribution in [0.1, 0.15) is 16.2 Å². The summed E-state index contributed by atoms with van der Waals surface area (Å²) in [5.74, 6) is -0.357. The first kappa shape index (κ1) is 15.5. The van der Waals surface area contributed by atoms with Crippen LogP contribution in [0, 0.1) is 0 Å². The summed E-state index contributed by atoms with van der Waals surface area (Å²) >= 11 is 4.96. The van der Waals surface area contributed by atoms with Crippen LogP contribution >= 0.6 is 27.3 Å². The Hall–Kier alpha value is -2.38. The van der Waals surface area contributed by atoms with Crippen molar-refractivity contribution in [3.05, 3.63) is 69.9 Å². The van der Waals surface area contributed by atoms with Crippen LogP contribution in [0.25, 0.3) is 10.6 Å². The van der Waals surface area contributed by atoms with E-state index in [1.54, 1.807) is 24.4 Å². The number of amides is 1. The van der Waals surface area contributed by atoms with E-state index in [1.165, 1.54) is 17.6 Å². The average Bonchev–Trinajstić information content (AvgIpc) is 3.04. The van der Waals surface area contributed by atoms with Gasteiger partial charge in [0.05, 0.1) is 11.9 Å². The molecule has 0 unspecified atom stereocenters. The normalized spacial score (nSPS) is 10.8. The molecule has 1 amide bonds. The Morgan fingerprint density at radius 3 is 2.96 bits per heavy atom. The number of thiazole rings is 1. The van der Waals surface area contributed by atoms with Gasteiger partial charge in [-0.2, -0.15) is 5.10 Å². The molecule has 0 spiro atoms. The summed E-state index contributed by atoms with van der Waals surface area (Å²) < 4.78 is 1.00. The molecule has 0 saturated heterocycles. The van der Waals surface area contributed by atoms with Crippen LogP contribution in [0.2, 0.25) is 0 Å². The van der Waals surface area contributed by atoms with E-state index < -0.39 is 0 Å². The first-order valence-electron chi connectivity index (χ1n) is 6.68. The van der Waals surface area contributed by atoms with Crippen molar-refractivity contribution in [3.8, 4) is 10.6 Å². The molecule has 23 heavy (non-hydrogen) atoms. The van der Waals surface area contributed by atoms with Crippen LogP contribution in [0.4, 0.5) is 0 Å². The van der Waals surface area contributed by atoms with Gasteiger partial charge < -0.3 is 0 Å². The molecular weight excluding hydrogens is 376 g/mol. The molecule has 3 rings (SSSR count). The van der Waals surface area contributed by atoms with Gasteiger partial charge in [0.2, 0.25) is 0 Å². The number of benzene rings is 1. The average molecular weight is 387 g/mol. The van der Waals surface area contributed by atoms with Crippen molar-refractivity contribution in [1.82, 2.24) is 15.4 Å². The minimum Gasteiger partial charge on any atom is -0.266 e. The Kier molecular flexibility index (Phi) is 4.89. The van der Waals surface area contributed by atoms with Crippen molar-refractivity contribution in [2.75, 3.05) is 0 Å². The van der Waals surface area contributed by atoms with E-state index in [2.05, 4.69) is 36.4 Å². The molecule has 1 aromatic carbocycles. The summed E-state index contributed by atoms with van der Waals surface area (Å²) in [4.78, 5) is 20.2. The first-order valence-corrected chi connectivity index (χ1v) is 8.35. The molecule has 3 aromatic rings. The third kappa shape index (κ3) is 4.08. The summed E-state index contributed by atoms with van der Waals surface area (Å²) in [7, 11) is 0. The number of carbonyl (C=O) groups excluding carboxylic acids is 1. The predicted molar refractivity (Wildman–Crippen MR) is 94.5 cm³/mol. The first-order chi connectivity index (χ1) is 11.2. The maximum absolute atomic E-state index is 11.8. The Labute approximate surface area is 145 Å². The molecule has 2 aromatic heterocycles. The Balaban J connectivity index is 1.66. The zero-order valence-corrected chi connectivity index (χ0v) is 14.2. The third-order valence-electron chi connectivity index (χ3n) is 2.85. The van der Waals surface area contributed by atoms with Crippen LogP contribution in [0.5, 0.6) is 0 Å². The van der Waals surface area contributed by atoms with Crippen LogP contribution in [-0.4, -0.2) is 22.1 Å². The molecule has 5 nitrogen and oxygen atoms in total. The van der Waals surface area contributed by atoms with E-state index in [1.807, 2.05) is 29.6 Å². The molecule has 0 bridgehead atoms.